The van der Waals surface area contributed by atoms with E-state index >= 15 is 0 Å². The summed E-state index contributed by atoms with van der Waals surface area (Å²) in [6, 6.07) is 6.64. The summed E-state index contributed by atoms with van der Waals surface area (Å²) >= 11 is 5.70. The van der Waals surface area contributed by atoms with Crippen molar-refractivity contribution in [1.82, 2.24) is 0 Å². The number of hydrogen-bond acceptors (Lipinski definition) is 3. The number of carboxylic acids is 1. The van der Waals surface area contributed by atoms with E-state index in [1.807, 2.05) is 0 Å². The molecule has 0 heterocycles. The molecule has 1 aromatic carbocycles. The molecule has 0 fully saturated rings. The molecule has 0 spiro atoms. The van der Waals surface area contributed by atoms with E-state index in [-0.39, 0.29) is 13.0 Å². The summed E-state index contributed by atoms with van der Waals surface area (Å²) in [6.45, 7) is 0.0139. The molecule has 0 aliphatic carbocycles. The normalized spacial score (nSPS) is 14.4. The Morgan fingerprint density at radius 2 is 1.94 bits per heavy atom. The fourth-order valence-electron chi connectivity index (χ4n) is 1.39. The maximum absolute atomic E-state index is 10.7. The van der Waals surface area contributed by atoms with E-state index in [1.54, 1.807) is 24.3 Å². The summed E-state index contributed by atoms with van der Waals surface area (Å²) in [5, 5.41) is 19.2. The van der Waals surface area contributed by atoms with Gasteiger partial charge in [0.1, 0.15) is 0 Å². The van der Waals surface area contributed by atoms with Gasteiger partial charge in [0.25, 0.3) is 0 Å². The zero-order valence-electron chi connectivity index (χ0n) is 8.64. The topological polar surface area (TPSA) is 83.5 Å². The molecule has 2 unspecified atom stereocenters. The van der Waals surface area contributed by atoms with Gasteiger partial charge >= 0.3 is 5.97 Å². The summed E-state index contributed by atoms with van der Waals surface area (Å²) in [5.41, 5.74) is 5.95. The molecule has 2 atom stereocenters. The quantitative estimate of drug-likeness (QED) is 0.730. The van der Waals surface area contributed by atoms with E-state index in [2.05, 4.69) is 0 Å². The average Bonchev–Trinajstić information content (AvgIpc) is 2.26. The maximum Gasteiger partial charge on any atom is 0.307 e. The molecule has 0 saturated carbocycles. The van der Waals surface area contributed by atoms with Gasteiger partial charge in [-0.25, -0.2) is 0 Å². The van der Waals surface area contributed by atoms with Crippen LogP contribution < -0.4 is 5.73 Å². The number of carboxylic acid groups (broad SMARTS) is 1. The van der Waals surface area contributed by atoms with E-state index in [4.69, 9.17) is 22.4 Å². The standard InChI is InChI=1S/C11H14ClNO3/c12-9-3-1-7(2-4-9)10(14)5-8(6-13)11(15)16/h1-4,8,10,14H,5-6,13H2,(H,15,16). The van der Waals surface area contributed by atoms with Gasteiger partial charge in [-0.15, -0.1) is 0 Å². The van der Waals surface area contributed by atoms with Crippen molar-refractivity contribution in [3.8, 4) is 0 Å². The number of halogens is 1. The number of hydrogen-bond donors (Lipinski definition) is 3. The SMILES string of the molecule is NCC(CC(O)c1ccc(Cl)cc1)C(=O)O. The maximum atomic E-state index is 10.7. The number of carbonyl (C=O) groups is 1. The Labute approximate surface area is 98.6 Å². The summed E-state index contributed by atoms with van der Waals surface area (Å²) in [4.78, 5) is 10.7. The Balaban J connectivity index is 2.67. The zero-order valence-corrected chi connectivity index (χ0v) is 9.39. The van der Waals surface area contributed by atoms with Crippen LogP contribution >= 0.6 is 11.6 Å². The third kappa shape index (κ3) is 3.48. The van der Waals surface area contributed by atoms with Crippen molar-refractivity contribution in [2.45, 2.75) is 12.5 Å². The van der Waals surface area contributed by atoms with Crippen molar-refractivity contribution in [2.75, 3.05) is 6.54 Å². The highest BCUT2D eigenvalue weighted by Crippen LogP contribution is 2.22. The number of aliphatic hydroxyl groups excluding tert-OH is 1. The van der Waals surface area contributed by atoms with Gasteiger partial charge in [-0.2, -0.15) is 0 Å². The van der Waals surface area contributed by atoms with Crippen LogP contribution in [0.25, 0.3) is 0 Å². The van der Waals surface area contributed by atoms with E-state index in [9.17, 15) is 9.90 Å². The number of aliphatic carboxylic acids is 1. The average molecular weight is 244 g/mol. The zero-order chi connectivity index (χ0) is 12.1. The predicted molar refractivity (Wildman–Crippen MR) is 61.2 cm³/mol. The predicted octanol–water partition coefficient (Wildman–Crippen LogP) is 1.42. The van der Waals surface area contributed by atoms with Crippen LogP contribution in [0.1, 0.15) is 18.1 Å². The fraction of sp³-hybridized carbons (Fsp3) is 0.364. The lowest BCUT2D eigenvalue weighted by Gasteiger charge is -2.15. The van der Waals surface area contributed by atoms with Crippen molar-refractivity contribution in [2.24, 2.45) is 11.7 Å². The Hall–Kier alpha value is -1.10. The second kappa shape index (κ2) is 5.84. The van der Waals surface area contributed by atoms with E-state index in [1.165, 1.54) is 0 Å². The van der Waals surface area contributed by atoms with E-state index in [0.717, 1.165) is 0 Å². The largest absolute Gasteiger partial charge is 0.481 e. The minimum atomic E-state index is -0.990. The van der Waals surface area contributed by atoms with Gasteiger partial charge in [0.05, 0.1) is 12.0 Å². The molecule has 0 bridgehead atoms. The molecular weight excluding hydrogens is 230 g/mol. The highest BCUT2D eigenvalue weighted by atomic mass is 35.5. The van der Waals surface area contributed by atoms with Crippen LogP contribution in [0.4, 0.5) is 0 Å². The number of rotatable bonds is 5. The molecular formula is C11H14ClNO3. The smallest absolute Gasteiger partial charge is 0.307 e. The van der Waals surface area contributed by atoms with Crippen molar-refractivity contribution < 1.29 is 15.0 Å². The van der Waals surface area contributed by atoms with Gasteiger partial charge in [-0.3, -0.25) is 4.79 Å². The first-order chi connectivity index (χ1) is 7.54. The van der Waals surface area contributed by atoms with Crippen molar-refractivity contribution in [3.05, 3.63) is 34.9 Å². The molecule has 4 N–H and O–H groups in total. The minimum Gasteiger partial charge on any atom is -0.481 e. The molecule has 0 aliphatic rings. The van der Waals surface area contributed by atoms with Crippen LogP contribution in [0.15, 0.2) is 24.3 Å². The monoisotopic (exact) mass is 243 g/mol. The molecule has 0 saturated heterocycles. The minimum absolute atomic E-state index is 0.0139. The third-order valence-corrected chi connectivity index (χ3v) is 2.65. The molecule has 0 amide bonds. The van der Waals surface area contributed by atoms with E-state index < -0.39 is 18.0 Å². The van der Waals surface area contributed by atoms with Gasteiger partial charge in [-0.1, -0.05) is 23.7 Å². The molecule has 0 radical (unpaired) electrons. The van der Waals surface area contributed by atoms with Crippen molar-refractivity contribution >= 4 is 17.6 Å². The second-order valence-electron chi connectivity index (χ2n) is 3.57. The van der Waals surface area contributed by atoms with Gasteiger partial charge < -0.3 is 15.9 Å². The third-order valence-electron chi connectivity index (χ3n) is 2.40. The Morgan fingerprint density at radius 1 is 1.38 bits per heavy atom. The Morgan fingerprint density at radius 3 is 2.38 bits per heavy atom. The highest BCUT2D eigenvalue weighted by Gasteiger charge is 2.20. The number of nitrogens with two attached hydrogens (primary N) is 1. The van der Waals surface area contributed by atoms with Crippen LogP contribution in [0, 0.1) is 5.92 Å². The summed E-state index contributed by atoms with van der Waals surface area (Å²) in [7, 11) is 0. The van der Waals surface area contributed by atoms with Crippen LogP contribution in [0.5, 0.6) is 0 Å². The molecule has 16 heavy (non-hydrogen) atoms. The van der Waals surface area contributed by atoms with Crippen molar-refractivity contribution in [1.29, 1.82) is 0 Å². The van der Waals surface area contributed by atoms with Crippen LogP contribution in [-0.2, 0) is 4.79 Å². The van der Waals surface area contributed by atoms with Gasteiger partial charge in [0.2, 0.25) is 0 Å². The van der Waals surface area contributed by atoms with Crippen molar-refractivity contribution in [3.63, 3.8) is 0 Å². The summed E-state index contributed by atoms with van der Waals surface area (Å²) in [5.74, 6) is -1.72. The molecule has 0 aliphatic heterocycles. The van der Waals surface area contributed by atoms with Gasteiger partial charge in [-0.05, 0) is 24.1 Å². The fourth-order valence-corrected chi connectivity index (χ4v) is 1.51. The molecule has 0 aromatic heterocycles. The first kappa shape index (κ1) is 13.0. The number of aliphatic hydroxyl groups is 1. The highest BCUT2D eigenvalue weighted by molar-refractivity contribution is 6.30. The lowest BCUT2D eigenvalue weighted by molar-refractivity contribution is -0.142. The number of benzene rings is 1. The van der Waals surface area contributed by atoms with Gasteiger partial charge in [0, 0.05) is 11.6 Å². The molecule has 5 heteroatoms. The van der Waals surface area contributed by atoms with E-state index in [0.29, 0.717) is 10.6 Å². The molecule has 4 nitrogen and oxygen atoms in total. The first-order valence-corrected chi connectivity index (χ1v) is 5.28. The first-order valence-electron chi connectivity index (χ1n) is 4.91. The lowest BCUT2D eigenvalue weighted by Crippen LogP contribution is -2.25. The van der Waals surface area contributed by atoms with Crippen LogP contribution in [-0.4, -0.2) is 22.7 Å². The molecule has 1 rings (SSSR count). The molecule has 1 aromatic rings. The Kier molecular flexibility index (Phi) is 4.73. The Bertz CT molecular complexity index is 353. The van der Waals surface area contributed by atoms with Crippen LogP contribution in [0.3, 0.4) is 0 Å². The summed E-state index contributed by atoms with van der Waals surface area (Å²) in [6.07, 6.45) is -0.727. The molecule has 88 valence electrons. The lowest BCUT2D eigenvalue weighted by atomic mass is 9.97. The summed E-state index contributed by atoms with van der Waals surface area (Å²) < 4.78 is 0. The van der Waals surface area contributed by atoms with Crippen LogP contribution in [0.2, 0.25) is 5.02 Å². The second-order valence-corrected chi connectivity index (χ2v) is 4.01. The van der Waals surface area contributed by atoms with Gasteiger partial charge in [0.15, 0.2) is 0 Å².